The van der Waals surface area contributed by atoms with E-state index in [1.54, 1.807) is 0 Å². The minimum Gasteiger partial charge on any atom is -0.462 e. The highest BCUT2D eigenvalue weighted by atomic mass is 16.7. The molecule has 0 radical (unpaired) electrons. The molecule has 2 aliphatic rings. The second-order valence-electron chi connectivity index (χ2n) is 5.86. The number of hydrogen-bond donors (Lipinski definition) is 7. The van der Waals surface area contributed by atoms with Crippen molar-refractivity contribution in [3.63, 3.8) is 0 Å². The first-order chi connectivity index (χ1) is 11.3. The normalized spacial score (nSPS) is 46.0. The summed E-state index contributed by atoms with van der Waals surface area (Å²) >= 11 is 0. The van der Waals surface area contributed by atoms with Crippen LogP contribution in [0.1, 0.15) is 0 Å². The number of hydrogen-bond acceptors (Lipinski definition) is 11. The molecule has 0 aromatic carbocycles. The van der Waals surface area contributed by atoms with Gasteiger partial charge in [0.15, 0.2) is 12.4 Å². The van der Waals surface area contributed by atoms with Crippen LogP contribution in [0.25, 0.3) is 0 Å². The lowest BCUT2D eigenvalue weighted by molar-refractivity contribution is -0.288. The van der Waals surface area contributed by atoms with E-state index < -0.39 is 61.0 Å². The van der Waals surface area contributed by atoms with Gasteiger partial charge in [-0.3, -0.25) is 0 Å². The van der Waals surface area contributed by atoms with Gasteiger partial charge in [0.2, 0.25) is 0 Å². The Hall–Kier alpha value is -0.890. The second kappa shape index (κ2) is 7.99. The third kappa shape index (κ3) is 3.69. The summed E-state index contributed by atoms with van der Waals surface area (Å²) < 4.78 is 14.9. The molecule has 9 atom stereocenters. The molecular formula is C13H24N2O9. The Labute approximate surface area is 137 Å². The van der Waals surface area contributed by atoms with Crippen LogP contribution in [0.4, 0.5) is 0 Å². The zero-order valence-electron chi connectivity index (χ0n) is 13.1. The van der Waals surface area contributed by atoms with E-state index >= 15 is 0 Å². The van der Waals surface area contributed by atoms with Crippen LogP contribution >= 0.6 is 0 Å². The van der Waals surface area contributed by atoms with Crippen LogP contribution in [-0.2, 0) is 19.0 Å². The van der Waals surface area contributed by atoms with Crippen molar-refractivity contribution < 1.29 is 44.5 Å². The molecule has 0 aromatic heterocycles. The molecule has 0 saturated carbocycles. The van der Waals surface area contributed by atoms with Gasteiger partial charge in [0, 0.05) is 19.7 Å². The number of carbonyl (C=O) groups excluding carboxylic acids is 1. The molecule has 0 aliphatic carbocycles. The number of nitrogens with two attached hydrogens (primary N) is 1. The maximum Gasteiger partial charge on any atom is 0.338 e. The molecule has 11 nitrogen and oxygen atoms in total. The summed E-state index contributed by atoms with van der Waals surface area (Å²) in [5.74, 6) is -1.00. The summed E-state index contributed by atoms with van der Waals surface area (Å²) in [6.07, 6.45) is -10.0. The molecule has 2 fully saturated rings. The van der Waals surface area contributed by atoms with Crippen molar-refractivity contribution in [2.75, 3.05) is 20.3 Å². The summed E-state index contributed by atoms with van der Waals surface area (Å²) in [6, 6.07) is -1.28. The number of rotatable bonds is 5. The highest BCUT2D eigenvalue weighted by Crippen LogP contribution is 2.23. The highest BCUT2D eigenvalue weighted by Gasteiger charge is 2.48. The minimum atomic E-state index is -1.71. The van der Waals surface area contributed by atoms with Gasteiger partial charge < -0.3 is 50.8 Å². The molecule has 0 amide bonds. The largest absolute Gasteiger partial charge is 0.462 e. The first-order valence-electron chi connectivity index (χ1n) is 7.53. The van der Waals surface area contributed by atoms with Gasteiger partial charge in [-0.15, -0.1) is 0 Å². The van der Waals surface area contributed by atoms with Crippen molar-refractivity contribution in [2.45, 2.75) is 55.0 Å². The third-order valence-corrected chi connectivity index (χ3v) is 4.30. The van der Waals surface area contributed by atoms with E-state index in [0.29, 0.717) is 0 Å². The molecule has 2 rings (SSSR count). The summed E-state index contributed by atoms with van der Waals surface area (Å²) in [4.78, 5) is 12.1. The monoisotopic (exact) mass is 352 g/mol. The quantitative estimate of drug-likeness (QED) is 0.235. The number of esters is 1. The Morgan fingerprint density at radius 2 is 1.67 bits per heavy atom. The zero-order chi connectivity index (χ0) is 18.0. The van der Waals surface area contributed by atoms with E-state index in [4.69, 9.17) is 19.9 Å². The Kier molecular flexibility index (Phi) is 6.47. The molecule has 140 valence electrons. The molecule has 24 heavy (non-hydrogen) atoms. The second-order valence-corrected chi connectivity index (χ2v) is 5.86. The lowest BCUT2D eigenvalue weighted by Gasteiger charge is -2.38. The van der Waals surface area contributed by atoms with Crippen LogP contribution in [-0.4, -0.2) is 107 Å². The molecule has 0 aromatic rings. The predicted molar refractivity (Wildman–Crippen MR) is 76.4 cm³/mol. The summed E-state index contributed by atoms with van der Waals surface area (Å²) in [5, 5.41) is 51.6. The first kappa shape index (κ1) is 19.4. The fourth-order valence-corrected chi connectivity index (χ4v) is 2.79. The molecule has 2 heterocycles. The maximum absolute atomic E-state index is 12.1. The molecule has 0 spiro atoms. The molecule has 2 aliphatic heterocycles. The van der Waals surface area contributed by atoms with E-state index in [1.807, 2.05) is 0 Å². The standard InChI is InChI=1S/C13H24N2O9/c1-22-13-10(20)8(18)9(19)11(24-13)12(21)23-3-5-7(17)6(16)4(2-14)15-5/h4-11,13,15-20H,2-3,14H2,1H3/t4-,5+,6-,7-,8+,9+,10-,11+,13+/m1/s1. The van der Waals surface area contributed by atoms with Gasteiger partial charge in [0.25, 0.3) is 0 Å². The van der Waals surface area contributed by atoms with Gasteiger partial charge in [-0.05, 0) is 0 Å². The summed E-state index contributed by atoms with van der Waals surface area (Å²) in [7, 11) is 1.20. The van der Waals surface area contributed by atoms with Gasteiger partial charge in [0.1, 0.15) is 31.0 Å². The van der Waals surface area contributed by atoms with Gasteiger partial charge in [-0.1, -0.05) is 0 Å². The van der Waals surface area contributed by atoms with Crippen LogP contribution in [0.3, 0.4) is 0 Å². The average Bonchev–Trinajstić information content (AvgIpc) is 2.85. The molecule has 11 heteroatoms. The van der Waals surface area contributed by atoms with Crippen molar-refractivity contribution in [1.82, 2.24) is 5.32 Å². The van der Waals surface area contributed by atoms with E-state index in [-0.39, 0.29) is 13.2 Å². The number of aliphatic hydroxyl groups is 5. The predicted octanol–water partition coefficient (Wildman–Crippen LogP) is -5.00. The lowest BCUT2D eigenvalue weighted by Crippen LogP contribution is -2.60. The smallest absolute Gasteiger partial charge is 0.338 e. The van der Waals surface area contributed by atoms with Crippen LogP contribution in [0.2, 0.25) is 0 Å². The number of methoxy groups -OCH3 is 1. The fourth-order valence-electron chi connectivity index (χ4n) is 2.79. The number of carbonyl (C=O) groups is 1. The van der Waals surface area contributed by atoms with Gasteiger partial charge in [0.05, 0.1) is 12.1 Å². The van der Waals surface area contributed by atoms with Gasteiger partial charge >= 0.3 is 5.97 Å². The Morgan fingerprint density at radius 1 is 1.04 bits per heavy atom. The Balaban J connectivity index is 1.92. The van der Waals surface area contributed by atoms with Gasteiger partial charge in [-0.2, -0.15) is 0 Å². The highest BCUT2D eigenvalue weighted by molar-refractivity contribution is 5.75. The maximum atomic E-state index is 12.1. The van der Waals surface area contributed by atoms with Gasteiger partial charge in [-0.25, -0.2) is 4.79 Å². The zero-order valence-corrected chi connectivity index (χ0v) is 13.1. The van der Waals surface area contributed by atoms with E-state index in [1.165, 1.54) is 7.11 Å². The summed E-state index contributed by atoms with van der Waals surface area (Å²) in [5.41, 5.74) is 5.44. The molecule has 0 unspecified atom stereocenters. The first-order valence-corrected chi connectivity index (χ1v) is 7.53. The SMILES string of the molecule is CO[C@H]1O[C@H](C(=O)OC[C@@H]2N[C@H](CN)[C@@H](O)[C@@H]2O)[C@@H](O)[C@H](O)[C@H]1O. The number of ether oxygens (including phenoxy) is 3. The average molecular weight is 352 g/mol. The van der Waals surface area contributed by atoms with Crippen molar-refractivity contribution in [2.24, 2.45) is 5.73 Å². The number of nitrogens with one attached hydrogen (secondary N) is 1. The topological polar surface area (TPSA) is 184 Å². The molecular weight excluding hydrogens is 328 g/mol. The van der Waals surface area contributed by atoms with Crippen molar-refractivity contribution in [3.05, 3.63) is 0 Å². The summed E-state index contributed by atoms with van der Waals surface area (Å²) in [6.45, 7) is -0.219. The van der Waals surface area contributed by atoms with E-state index in [9.17, 15) is 30.3 Å². The Bertz CT molecular complexity index is 438. The number of aliphatic hydroxyl groups excluding tert-OH is 5. The van der Waals surface area contributed by atoms with Crippen LogP contribution in [0.15, 0.2) is 0 Å². The molecule has 0 bridgehead atoms. The fraction of sp³-hybridized carbons (Fsp3) is 0.923. The molecule has 8 N–H and O–H groups in total. The lowest BCUT2D eigenvalue weighted by atomic mass is 9.99. The minimum absolute atomic E-state index is 0.0900. The van der Waals surface area contributed by atoms with Crippen LogP contribution < -0.4 is 11.1 Å². The van der Waals surface area contributed by atoms with E-state index in [0.717, 1.165) is 0 Å². The van der Waals surface area contributed by atoms with Crippen molar-refractivity contribution in [1.29, 1.82) is 0 Å². The van der Waals surface area contributed by atoms with E-state index in [2.05, 4.69) is 5.32 Å². The van der Waals surface area contributed by atoms with Crippen molar-refractivity contribution in [3.8, 4) is 0 Å². The Morgan fingerprint density at radius 3 is 2.21 bits per heavy atom. The van der Waals surface area contributed by atoms with Crippen LogP contribution in [0.5, 0.6) is 0 Å². The molecule has 2 saturated heterocycles. The third-order valence-electron chi connectivity index (χ3n) is 4.30. The van der Waals surface area contributed by atoms with Crippen LogP contribution in [0, 0.1) is 0 Å². The van der Waals surface area contributed by atoms with Crippen molar-refractivity contribution >= 4 is 5.97 Å².